The molecular weight excluding hydrogens is 447 g/mol. The Morgan fingerprint density at radius 2 is 2.03 bits per heavy atom. The zero-order valence-corrected chi connectivity index (χ0v) is 17.8. The van der Waals surface area contributed by atoms with Crippen molar-refractivity contribution in [1.29, 1.82) is 0 Å². The maximum Gasteiger partial charge on any atom is 0.490 e. The van der Waals surface area contributed by atoms with E-state index in [1.54, 1.807) is 15.6 Å². The summed E-state index contributed by atoms with van der Waals surface area (Å²) >= 11 is 1.68. The van der Waals surface area contributed by atoms with Gasteiger partial charge in [0.05, 0.1) is 25.0 Å². The summed E-state index contributed by atoms with van der Waals surface area (Å²) < 4.78 is 64.5. The van der Waals surface area contributed by atoms with Crippen molar-refractivity contribution in [1.82, 2.24) is 14.2 Å². The average molecular weight is 472 g/mol. The third kappa shape index (κ3) is 5.90. The van der Waals surface area contributed by atoms with Crippen LogP contribution in [0.25, 0.3) is 0 Å². The lowest BCUT2D eigenvalue weighted by Gasteiger charge is -2.31. The maximum atomic E-state index is 12.6. The van der Waals surface area contributed by atoms with Crippen LogP contribution in [0.1, 0.15) is 24.3 Å². The Labute approximate surface area is 176 Å². The third-order valence-corrected chi connectivity index (χ3v) is 8.42. The summed E-state index contributed by atoms with van der Waals surface area (Å²) in [6.07, 6.45) is -0.606. The molecule has 30 heavy (non-hydrogen) atoms. The van der Waals surface area contributed by atoms with E-state index < -0.39 is 22.2 Å². The number of carbonyl (C=O) groups is 1. The van der Waals surface area contributed by atoms with E-state index in [9.17, 15) is 21.6 Å². The van der Waals surface area contributed by atoms with Crippen molar-refractivity contribution in [2.45, 2.75) is 37.2 Å². The fourth-order valence-corrected chi connectivity index (χ4v) is 6.27. The molecule has 170 valence electrons. The van der Waals surface area contributed by atoms with Crippen LogP contribution in [0.3, 0.4) is 0 Å². The molecule has 8 nitrogen and oxygen atoms in total. The number of aromatic nitrogens is 1. The molecule has 1 aromatic heterocycles. The highest BCUT2D eigenvalue weighted by molar-refractivity contribution is 7.90. The molecule has 0 bridgehead atoms. The molecule has 0 radical (unpaired) electrons. The number of carboxylic acid groups (broad SMARTS) is 1. The van der Waals surface area contributed by atoms with E-state index in [2.05, 4.69) is 9.88 Å². The number of nitrogens with zero attached hydrogens (tertiary/aromatic N) is 3. The second kappa shape index (κ2) is 9.07. The van der Waals surface area contributed by atoms with Gasteiger partial charge in [-0.05, 0) is 25.8 Å². The van der Waals surface area contributed by atoms with Gasteiger partial charge in [0.2, 0.25) is 10.0 Å². The van der Waals surface area contributed by atoms with Gasteiger partial charge in [-0.3, -0.25) is 4.90 Å². The van der Waals surface area contributed by atoms with Crippen LogP contribution >= 0.6 is 11.3 Å². The lowest BCUT2D eigenvalue weighted by molar-refractivity contribution is -0.192. The van der Waals surface area contributed by atoms with E-state index >= 15 is 0 Å². The fraction of sp³-hybridized carbons (Fsp3) is 0.765. The van der Waals surface area contributed by atoms with Gasteiger partial charge in [0.15, 0.2) is 0 Å². The van der Waals surface area contributed by atoms with E-state index in [4.69, 9.17) is 14.6 Å². The molecule has 0 aromatic carbocycles. The molecule has 4 rings (SSSR count). The Kier molecular flexibility index (Phi) is 7.07. The highest BCUT2D eigenvalue weighted by Crippen LogP contribution is 2.38. The van der Waals surface area contributed by atoms with E-state index in [-0.39, 0.29) is 10.7 Å². The number of aliphatic carboxylic acids is 1. The number of halogens is 3. The van der Waals surface area contributed by atoms with Crippen molar-refractivity contribution in [2.24, 2.45) is 5.41 Å². The van der Waals surface area contributed by atoms with Crippen molar-refractivity contribution in [2.75, 3.05) is 39.4 Å². The van der Waals surface area contributed by atoms with Gasteiger partial charge in [0.1, 0.15) is 5.01 Å². The molecule has 3 aliphatic rings. The molecule has 1 N–H and O–H groups in total. The summed E-state index contributed by atoms with van der Waals surface area (Å²) in [5.41, 5.74) is -0.0598. The van der Waals surface area contributed by atoms with Crippen molar-refractivity contribution >= 4 is 27.3 Å². The summed E-state index contributed by atoms with van der Waals surface area (Å²) in [6.45, 7) is 5.03. The number of thiazole rings is 1. The predicted octanol–water partition coefficient (Wildman–Crippen LogP) is 1.79. The molecular formula is C17H24F3N3O5S2. The van der Waals surface area contributed by atoms with E-state index in [1.807, 2.05) is 11.6 Å². The zero-order chi connectivity index (χ0) is 22.0. The van der Waals surface area contributed by atoms with Gasteiger partial charge < -0.3 is 9.84 Å². The lowest BCUT2D eigenvalue weighted by atomic mass is 9.88. The van der Waals surface area contributed by atoms with Gasteiger partial charge in [-0.15, -0.1) is 11.3 Å². The number of rotatable bonds is 4. The molecule has 1 atom stereocenters. The Morgan fingerprint density at radius 3 is 2.60 bits per heavy atom. The second-order valence-corrected chi connectivity index (χ2v) is 11.0. The molecule has 3 fully saturated rings. The first-order valence-corrected chi connectivity index (χ1v) is 11.9. The highest BCUT2D eigenvalue weighted by Gasteiger charge is 2.47. The molecule has 3 heterocycles. The highest BCUT2D eigenvalue weighted by atomic mass is 32.2. The lowest BCUT2D eigenvalue weighted by Crippen LogP contribution is -2.44. The Bertz CT molecular complexity index is 830. The summed E-state index contributed by atoms with van der Waals surface area (Å²) in [5, 5.41) is 10.1. The molecule has 1 aromatic rings. The van der Waals surface area contributed by atoms with Gasteiger partial charge in [-0.2, -0.15) is 17.5 Å². The molecule has 1 spiro atoms. The van der Waals surface area contributed by atoms with Gasteiger partial charge in [0, 0.05) is 36.6 Å². The normalized spacial score (nSPS) is 26.2. The molecule has 13 heteroatoms. The standard InChI is InChI=1S/C15H23N3O3S2.C2HF3O2/c19-23(20,13-1-2-13)18-6-7-21-12-15(11-18)3-5-17(10-15)9-14-16-4-8-22-14;3-2(4,5)1(6)7/h4,8,13H,1-3,5-7,9-12H2;(H,6,7). The summed E-state index contributed by atoms with van der Waals surface area (Å²) in [7, 11) is -3.12. The molecule has 1 saturated carbocycles. The number of carboxylic acids is 1. The Morgan fingerprint density at radius 1 is 1.33 bits per heavy atom. The molecule has 1 aliphatic carbocycles. The summed E-state index contributed by atoms with van der Waals surface area (Å²) in [5.74, 6) is -2.76. The third-order valence-electron chi connectivity index (χ3n) is 5.31. The Hall–Kier alpha value is -1.28. The van der Waals surface area contributed by atoms with Gasteiger partial charge in [-0.25, -0.2) is 18.2 Å². The first kappa shape index (κ1) is 23.4. The second-order valence-electron chi connectivity index (χ2n) is 7.82. The van der Waals surface area contributed by atoms with Crippen molar-refractivity contribution in [3.05, 3.63) is 16.6 Å². The van der Waals surface area contributed by atoms with Crippen molar-refractivity contribution in [3.63, 3.8) is 0 Å². The first-order valence-electron chi connectivity index (χ1n) is 9.49. The van der Waals surface area contributed by atoms with Crippen LogP contribution in [-0.4, -0.2) is 84.5 Å². The minimum absolute atomic E-state index is 0.0598. The van der Waals surface area contributed by atoms with E-state index in [0.29, 0.717) is 26.3 Å². The Balaban J connectivity index is 0.000000318. The van der Waals surface area contributed by atoms with E-state index in [1.165, 1.54) is 0 Å². The zero-order valence-electron chi connectivity index (χ0n) is 16.2. The topological polar surface area (TPSA) is 100 Å². The minimum Gasteiger partial charge on any atom is -0.475 e. The molecule has 2 saturated heterocycles. The van der Waals surface area contributed by atoms with Crippen molar-refractivity contribution < 1.29 is 36.2 Å². The van der Waals surface area contributed by atoms with Crippen LogP contribution in [0.4, 0.5) is 13.2 Å². The summed E-state index contributed by atoms with van der Waals surface area (Å²) in [4.78, 5) is 15.6. The minimum atomic E-state index is -5.08. The number of alkyl halides is 3. The number of hydrogen-bond acceptors (Lipinski definition) is 7. The van der Waals surface area contributed by atoms with Crippen LogP contribution in [-0.2, 0) is 26.1 Å². The van der Waals surface area contributed by atoms with Crippen LogP contribution < -0.4 is 0 Å². The fourth-order valence-electron chi connectivity index (χ4n) is 3.68. The van der Waals surface area contributed by atoms with Crippen molar-refractivity contribution in [3.8, 4) is 0 Å². The van der Waals surface area contributed by atoms with Crippen LogP contribution in [0.15, 0.2) is 11.6 Å². The number of sulfonamides is 1. The number of likely N-dealkylation sites (tertiary alicyclic amines) is 1. The quantitative estimate of drug-likeness (QED) is 0.715. The monoisotopic (exact) mass is 471 g/mol. The first-order chi connectivity index (χ1) is 14.0. The molecule has 2 aliphatic heterocycles. The smallest absolute Gasteiger partial charge is 0.475 e. The number of ether oxygens (including phenoxy) is 1. The van der Waals surface area contributed by atoms with Crippen LogP contribution in [0, 0.1) is 5.41 Å². The SMILES string of the molecule is O=C(O)C(F)(F)F.O=S(=O)(C1CC1)N1CCOCC2(CCN(Cc3nccs3)C2)C1. The van der Waals surface area contributed by atoms with Gasteiger partial charge in [0.25, 0.3) is 0 Å². The summed E-state index contributed by atoms with van der Waals surface area (Å²) in [6, 6.07) is 0. The molecule has 1 unspecified atom stereocenters. The van der Waals surface area contributed by atoms with Crippen LogP contribution in [0.5, 0.6) is 0 Å². The maximum absolute atomic E-state index is 12.6. The van der Waals surface area contributed by atoms with Gasteiger partial charge >= 0.3 is 12.1 Å². The van der Waals surface area contributed by atoms with E-state index in [0.717, 1.165) is 43.9 Å². The van der Waals surface area contributed by atoms with Crippen LogP contribution in [0.2, 0.25) is 0 Å². The predicted molar refractivity (Wildman–Crippen MR) is 102 cm³/mol. The number of hydrogen-bond donors (Lipinski definition) is 1. The largest absolute Gasteiger partial charge is 0.490 e. The average Bonchev–Trinajstić information content (AvgIpc) is 3.34. The molecule has 0 amide bonds. The van der Waals surface area contributed by atoms with Gasteiger partial charge in [-0.1, -0.05) is 0 Å².